The Morgan fingerprint density at radius 1 is 1.64 bits per heavy atom. The Hall–Kier alpha value is -0.840. The highest BCUT2D eigenvalue weighted by atomic mass is 32.1. The van der Waals surface area contributed by atoms with Crippen molar-refractivity contribution in [2.75, 3.05) is 6.61 Å². The van der Waals surface area contributed by atoms with E-state index in [0.29, 0.717) is 6.61 Å². The highest BCUT2D eigenvalue weighted by molar-refractivity contribution is 7.80. The summed E-state index contributed by atoms with van der Waals surface area (Å²) in [5.41, 5.74) is 5.38. The number of hydrogen-bond donors (Lipinski definition) is 2. The van der Waals surface area contributed by atoms with Crippen LogP contribution in [0.4, 0.5) is 0 Å². The van der Waals surface area contributed by atoms with E-state index in [9.17, 15) is 4.79 Å². The Bertz CT molecular complexity index is 233. The molecule has 0 radical (unpaired) electrons. The molecular weight excluding hydrogens is 200 g/mol. The number of esters is 1. The molecule has 1 aliphatic carbocycles. The van der Waals surface area contributed by atoms with Gasteiger partial charge in [-0.25, -0.2) is 0 Å². The van der Waals surface area contributed by atoms with E-state index in [1.165, 1.54) is 0 Å². The second-order valence-corrected chi connectivity index (χ2v) is 3.84. The van der Waals surface area contributed by atoms with E-state index in [-0.39, 0.29) is 23.0 Å². The molecule has 3 N–H and O–H groups in total. The molecule has 0 unspecified atom stereocenters. The molecule has 0 amide bonds. The summed E-state index contributed by atoms with van der Waals surface area (Å²) in [6.07, 6.45) is 2.81. The summed E-state index contributed by atoms with van der Waals surface area (Å²) in [6, 6.07) is 0.0616. The second-order valence-electron chi connectivity index (χ2n) is 3.40. The minimum atomic E-state index is -0.140. The number of rotatable bonds is 3. The number of nitrogens with one attached hydrogen (secondary N) is 1. The smallest absolute Gasteiger partial charge is 0.311 e. The van der Waals surface area contributed by atoms with Crippen LogP contribution < -0.4 is 11.1 Å². The first-order chi connectivity index (χ1) is 6.65. The Morgan fingerprint density at radius 3 is 2.93 bits per heavy atom. The summed E-state index contributed by atoms with van der Waals surface area (Å²) in [7, 11) is 0. The molecule has 14 heavy (non-hydrogen) atoms. The minimum absolute atomic E-state index is 0.0616. The lowest BCUT2D eigenvalue weighted by molar-refractivity contribution is -0.148. The van der Waals surface area contributed by atoms with Crippen molar-refractivity contribution in [1.29, 1.82) is 0 Å². The van der Waals surface area contributed by atoms with Crippen LogP contribution in [0, 0.1) is 5.92 Å². The molecule has 0 aromatic rings. The van der Waals surface area contributed by atoms with E-state index < -0.39 is 0 Å². The zero-order valence-electron chi connectivity index (χ0n) is 8.29. The molecule has 80 valence electrons. The van der Waals surface area contributed by atoms with Crippen LogP contribution >= 0.6 is 12.2 Å². The van der Waals surface area contributed by atoms with Gasteiger partial charge in [0.2, 0.25) is 0 Å². The number of carbonyl (C=O) groups excluding carboxylic acids is 1. The van der Waals surface area contributed by atoms with Crippen molar-refractivity contribution in [3.8, 4) is 0 Å². The fraction of sp³-hybridized carbons (Fsp3) is 0.778. The Labute approximate surface area is 89.2 Å². The van der Waals surface area contributed by atoms with Crippen molar-refractivity contribution < 1.29 is 9.53 Å². The van der Waals surface area contributed by atoms with Crippen molar-refractivity contribution >= 4 is 23.3 Å². The van der Waals surface area contributed by atoms with Gasteiger partial charge >= 0.3 is 5.97 Å². The third-order valence-electron chi connectivity index (χ3n) is 2.43. The van der Waals surface area contributed by atoms with E-state index in [0.717, 1.165) is 19.3 Å². The number of nitrogens with two attached hydrogens (primary N) is 1. The molecule has 1 aliphatic rings. The van der Waals surface area contributed by atoms with Crippen LogP contribution in [0.3, 0.4) is 0 Å². The van der Waals surface area contributed by atoms with E-state index in [4.69, 9.17) is 22.7 Å². The summed E-state index contributed by atoms with van der Waals surface area (Å²) >= 11 is 4.75. The standard InChI is InChI=1S/C9H16N2O2S/c1-2-13-8(12)6-4-3-5-7(6)11-9(10)14/h6-7H,2-5H2,1H3,(H3,10,11,14)/t6-,7+/m1/s1. The maximum absolute atomic E-state index is 11.5. The van der Waals surface area contributed by atoms with Gasteiger partial charge in [0.05, 0.1) is 12.5 Å². The molecule has 1 rings (SSSR count). The van der Waals surface area contributed by atoms with E-state index in [1.807, 2.05) is 6.92 Å². The zero-order valence-corrected chi connectivity index (χ0v) is 9.10. The van der Waals surface area contributed by atoms with Gasteiger partial charge in [-0.05, 0) is 32.0 Å². The lowest BCUT2D eigenvalue weighted by Crippen LogP contribution is -2.43. The van der Waals surface area contributed by atoms with E-state index >= 15 is 0 Å². The van der Waals surface area contributed by atoms with Crippen molar-refractivity contribution in [3.05, 3.63) is 0 Å². The van der Waals surface area contributed by atoms with Crippen LogP contribution in [-0.2, 0) is 9.53 Å². The molecule has 5 heteroatoms. The van der Waals surface area contributed by atoms with Crippen LogP contribution in [0.25, 0.3) is 0 Å². The molecule has 0 spiro atoms. The monoisotopic (exact) mass is 216 g/mol. The van der Waals surface area contributed by atoms with Crippen LogP contribution in [-0.4, -0.2) is 23.7 Å². The molecule has 0 aromatic heterocycles. The van der Waals surface area contributed by atoms with Crippen LogP contribution in [0.2, 0.25) is 0 Å². The average molecular weight is 216 g/mol. The Morgan fingerprint density at radius 2 is 2.36 bits per heavy atom. The van der Waals surface area contributed by atoms with Gasteiger partial charge in [-0.2, -0.15) is 0 Å². The number of ether oxygens (including phenoxy) is 1. The SMILES string of the molecule is CCOC(=O)[C@@H]1CCC[C@@H]1NC(N)=S. The molecule has 0 bridgehead atoms. The molecule has 0 saturated heterocycles. The number of thiocarbonyl (C=S) groups is 1. The fourth-order valence-electron chi connectivity index (χ4n) is 1.85. The summed E-state index contributed by atoms with van der Waals surface area (Å²) in [5, 5.41) is 3.20. The number of hydrogen-bond acceptors (Lipinski definition) is 3. The number of carbonyl (C=O) groups is 1. The summed E-state index contributed by atoms with van der Waals surface area (Å²) in [6.45, 7) is 2.23. The summed E-state index contributed by atoms with van der Waals surface area (Å²) in [4.78, 5) is 11.5. The summed E-state index contributed by atoms with van der Waals surface area (Å²) in [5.74, 6) is -0.227. The molecule has 0 aromatic carbocycles. The van der Waals surface area contributed by atoms with Crippen LogP contribution in [0.5, 0.6) is 0 Å². The van der Waals surface area contributed by atoms with Gasteiger partial charge in [0.15, 0.2) is 5.11 Å². The average Bonchev–Trinajstić information content (AvgIpc) is 2.51. The van der Waals surface area contributed by atoms with Gasteiger partial charge in [-0.1, -0.05) is 6.42 Å². The third-order valence-corrected chi connectivity index (χ3v) is 2.55. The predicted molar refractivity (Wildman–Crippen MR) is 57.7 cm³/mol. The van der Waals surface area contributed by atoms with Crippen LogP contribution in [0.1, 0.15) is 26.2 Å². The van der Waals surface area contributed by atoms with Crippen molar-refractivity contribution in [2.45, 2.75) is 32.2 Å². The normalized spacial score (nSPS) is 25.8. The highest BCUT2D eigenvalue weighted by Gasteiger charge is 2.34. The molecule has 1 saturated carbocycles. The first kappa shape index (κ1) is 11.2. The first-order valence-corrected chi connectivity index (χ1v) is 5.28. The molecule has 1 fully saturated rings. The quantitative estimate of drug-likeness (QED) is 0.533. The molecule has 0 heterocycles. The minimum Gasteiger partial charge on any atom is -0.466 e. The van der Waals surface area contributed by atoms with Gasteiger partial charge in [-0.15, -0.1) is 0 Å². The third kappa shape index (κ3) is 2.83. The van der Waals surface area contributed by atoms with Crippen molar-refractivity contribution in [2.24, 2.45) is 11.7 Å². The molecule has 0 aliphatic heterocycles. The van der Waals surface area contributed by atoms with Gasteiger partial charge in [0.25, 0.3) is 0 Å². The lowest BCUT2D eigenvalue weighted by atomic mass is 10.0. The largest absolute Gasteiger partial charge is 0.466 e. The highest BCUT2D eigenvalue weighted by Crippen LogP contribution is 2.26. The molecule has 2 atom stereocenters. The predicted octanol–water partition coefficient (Wildman–Crippen LogP) is 0.551. The van der Waals surface area contributed by atoms with Gasteiger partial charge in [0, 0.05) is 6.04 Å². The van der Waals surface area contributed by atoms with Gasteiger partial charge in [0.1, 0.15) is 0 Å². The lowest BCUT2D eigenvalue weighted by Gasteiger charge is -2.19. The molecule has 4 nitrogen and oxygen atoms in total. The summed E-state index contributed by atoms with van der Waals surface area (Å²) < 4.78 is 4.97. The molecular formula is C9H16N2O2S. The fourth-order valence-corrected chi connectivity index (χ4v) is 2.00. The Balaban J connectivity index is 2.50. The van der Waals surface area contributed by atoms with E-state index in [2.05, 4.69) is 5.32 Å². The first-order valence-electron chi connectivity index (χ1n) is 4.87. The maximum Gasteiger partial charge on any atom is 0.311 e. The van der Waals surface area contributed by atoms with Gasteiger partial charge in [-0.3, -0.25) is 4.79 Å². The topological polar surface area (TPSA) is 64.3 Å². The zero-order chi connectivity index (χ0) is 10.6. The van der Waals surface area contributed by atoms with Gasteiger partial charge < -0.3 is 15.8 Å². The Kier molecular flexibility index (Phi) is 4.13. The van der Waals surface area contributed by atoms with Crippen LogP contribution in [0.15, 0.2) is 0 Å². The van der Waals surface area contributed by atoms with Crippen molar-refractivity contribution in [3.63, 3.8) is 0 Å². The second kappa shape index (κ2) is 5.14. The van der Waals surface area contributed by atoms with Crippen molar-refractivity contribution in [1.82, 2.24) is 5.32 Å². The maximum atomic E-state index is 11.5. The van der Waals surface area contributed by atoms with E-state index in [1.54, 1.807) is 0 Å².